The lowest BCUT2D eigenvalue weighted by Crippen LogP contribution is -2.27. The molecule has 3 rings (SSSR count). The summed E-state index contributed by atoms with van der Waals surface area (Å²) in [6, 6.07) is 3.24. The fourth-order valence-electron chi connectivity index (χ4n) is 2.50. The van der Waals surface area contributed by atoms with Gasteiger partial charge in [-0.1, -0.05) is 6.42 Å². The van der Waals surface area contributed by atoms with E-state index in [1.807, 2.05) is 0 Å². The Labute approximate surface area is 116 Å². The van der Waals surface area contributed by atoms with Gasteiger partial charge in [0.1, 0.15) is 0 Å². The van der Waals surface area contributed by atoms with Gasteiger partial charge in [0.25, 0.3) is 5.69 Å². The second-order valence-electron chi connectivity index (χ2n) is 4.52. The van der Waals surface area contributed by atoms with E-state index in [0.29, 0.717) is 17.1 Å². The molecule has 0 unspecified atom stereocenters. The summed E-state index contributed by atoms with van der Waals surface area (Å²) in [5.74, 6) is 1.06. The van der Waals surface area contributed by atoms with Crippen molar-refractivity contribution in [2.24, 2.45) is 0 Å². The van der Waals surface area contributed by atoms with E-state index in [4.69, 9.17) is 9.47 Å². The molecule has 1 aromatic rings. The monoisotopic (exact) mass is 286 g/mol. The van der Waals surface area contributed by atoms with E-state index in [-0.39, 0.29) is 35.9 Å². The first-order chi connectivity index (χ1) is 8.75. The third kappa shape index (κ3) is 2.59. The van der Waals surface area contributed by atoms with Crippen LogP contribution in [0.25, 0.3) is 0 Å². The molecular weight excluding hydrogens is 272 g/mol. The minimum absolute atomic E-state index is 0. The molecule has 1 atom stereocenters. The van der Waals surface area contributed by atoms with Crippen molar-refractivity contribution in [1.82, 2.24) is 5.32 Å². The molecule has 1 aromatic carbocycles. The maximum absolute atomic E-state index is 11.1. The zero-order chi connectivity index (χ0) is 12.5. The Morgan fingerprint density at radius 2 is 2.00 bits per heavy atom. The van der Waals surface area contributed by atoms with Gasteiger partial charge in [-0.3, -0.25) is 10.1 Å². The molecule has 0 amide bonds. The summed E-state index contributed by atoms with van der Waals surface area (Å²) < 4.78 is 10.5. The van der Waals surface area contributed by atoms with Crippen LogP contribution in [0.5, 0.6) is 11.5 Å². The fourth-order valence-corrected chi connectivity index (χ4v) is 2.50. The summed E-state index contributed by atoms with van der Waals surface area (Å²) in [7, 11) is 0. The number of nitro benzene ring substituents is 1. The molecule has 0 spiro atoms. The Bertz CT molecular complexity index is 489. The summed E-state index contributed by atoms with van der Waals surface area (Å²) in [4.78, 5) is 10.8. The average molecular weight is 287 g/mol. The summed E-state index contributed by atoms with van der Waals surface area (Å²) in [5, 5.41) is 14.5. The van der Waals surface area contributed by atoms with E-state index in [1.165, 1.54) is 6.07 Å². The highest BCUT2D eigenvalue weighted by Crippen LogP contribution is 2.41. The van der Waals surface area contributed by atoms with Crippen LogP contribution in [-0.4, -0.2) is 18.3 Å². The van der Waals surface area contributed by atoms with E-state index in [1.54, 1.807) is 6.07 Å². The lowest BCUT2D eigenvalue weighted by Gasteiger charge is -2.23. The molecule has 1 N–H and O–H groups in total. The van der Waals surface area contributed by atoms with Crippen LogP contribution in [0.4, 0.5) is 5.69 Å². The first-order valence-corrected chi connectivity index (χ1v) is 6.07. The van der Waals surface area contributed by atoms with E-state index < -0.39 is 0 Å². The van der Waals surface area contributed by atoms with E-state index in [0.717, 1.165) is 25.8 Å². The van der Waals surface area contributed by atoms with Gasteiger partial charge in [0.05, 0.1) is 16.6 Å². The van der Waals surface area contributed by atoms with Gasteiger partial charge < -0.3 is 14.8 Å². The molecule has 0 aliphatic carbocycles. The second kappa shape index (κ2) is 5.63. The van der Waals surface area contributed by atoms with Crippen molar-refractivity contribution in [2.45, 2.75) is 25.3 Å². The summed E-state index contributed by atoms with van der Waals surface area (Å²) in [6.45, 7) is 1.03. The number of nitro groups is 1. The normalized spacial score (nSPS) is 20.7. The van der Waals surface area contributed by atoms with Gasteiger partial charge in [-0.2, -0.15) is 0 Å². The van der Waals surface area contributed by atoms with Gasteiger partial charge in [0, 0.05) is 6.04 Å². The number of hydrogen-bond donors (Lipinski definition) is 1. The number of ether oxygens (including phenoxy) is 2. The quantitative estimate of drug-likeness (QED) is 0.668. The second-order valence-corrected chi connectivity index (χ2v) is 4.52. The molecule has 0 aromatic heterocycles. The first kappa shape index (κ1) is 13.9. The van der Waals surface area contributed by atoms with Gasteiger partial charge in [0.2, 0.25) is 6.79 Å². The van der Waals surface area contributed by atoms with Gasteiger partial charge in [-0.15, -0.1) is 12.4 Å². The zero-order valence-corrected chi connectivity index (χ0v) is 11.1. The number of fused-ring (bicyclic) bond motifs is 1. The van der Waals surface area contributed by atoms with Gasteiger partial charge >= 0.3 is 0 Å². The smallest absolute Gasteiger partial charge is 0.278 e. The van der Waals surface area contributed by atoms with E-state index >= 15 is 0 Å². The molecule has 2 heterocycles. The molecular formula is C12H15ClN2O4. The molecule has 1 saturated heterocycles. The predicted molar refractivity (Wildman–Crippen MR) is 71.1 cm³/mol. The zero-order valence-electron chi connectivity index (χ0n) is 10.3. The Morgan fingerprint density at radius 1 is 1.26 bits per heavy atom. The number of halogens is 1. The van der Waals surface area contributed by atoms with Crippen molar-refractivity contribution >= 4 is 18.1 Å². The van der Waals surface area contributed by atoms with Crippen LogP contribution in [-0.2, 0) is 0 Å². The van der Waals surface area contributed by atoms with Crippen molar-refractivity contribution in [3.63, 3.8) is 0 Å². The van der Waals surface area contributed by atoms with E-state index in [9.17, 15) is 10.1 Å². The van der Waals surface area contributed by atoms with Crippen LogP contribution in [0.3, 0.4) is 0 Å². The molecule has 2 aliphatic rings. The van der Waals surface area contributed by atoms with Crippen LogP contribution in [0, 0.1) is 10.1 Å². The molecule has 7 heteroatoms. The minimum atomic E-state index is -0.354. The molecule has 0 radical (unpaired) electrons. The molecule has 0 bridgehead atoms. The highest BCUT2D eigenvalue weighted by Gasteiger charge is 2.28. The Kier molecular flexibility index (Phi) is 4.11. The van der Waals surface area contributed by atoms with E-state index in [2.05, 4.69) is 5.32 Å². The van der Waals surface area contributed by atoms with Gasteiger partial charge in [0.15, 0.2) is 11.5 Å². The number of nitrogens with zero attached hydrogens (tertiary/aromatic N) is 1. The highest BCUT2D eigenvalue weighted by atomic mass is 35.5. The van der Waals surface area contributed by atoms with Crippen LogP contribution < -0.4 is 14.8 Å². The van der Waals surface area contributed by atoms with Crippen molar-refractivity contribution in [3.05, 3.63) is 27.8 Å². The van der Waals surface area contributed by atoms with Gasteiger partial charge in [-0.25, -0.2) is 0 Å². The molecule has 104 valence electrons. The molecule has 19 heavy (non-hydrogen) atoms. The molecule has 0 saturated carbocycles. The van der Waals surface area contributed by atoms with Crippen LogP contribution in [0.15, 0.2) is 12.1 Å². The Hall–Kier alpha value is -1.53. The van der Waals surface area contributed by atoms with Crippen molar-refractivity contribution in [3.8, 4) is 11.5 Å². The number of rotatable bonds is 2. The van der Waals surface area contributed by atoms with Crippen molar-refractivity contribution in [2.75, 3.05) is 13.3 Å². The predicted octanol–water partition coefficient (Wildman–Crippen LogP) is 2.56. The summed E-state index contributed by atoms with van der Waals surface area (Å²) >= 11 is 0. The third-order valence-electron chi connectivity index (χ3n) is 3.40. The van der Waals surface area contributed by atoms with Crippen molar-refractivity contribution in [1.29, 1.82) is 0 Å². The topological polar surface area (TPSA) is 73.6 Å². The molecule has 2 aliphatic heterocycles. The molecule has 6 nitrogen and oxygen atoms in total. The number of hydrogen-bond acceptors (Lipinski definition) is 5. The average Bonchev–Trinajstić information content (AvgIpc) is 2.85. The number of nitrogens with one attached hydrogen (secondary N) is 1. The Balaban J connectivity index is 0.00000133. The largest absolute Gasteiger partial charge is 0.454 e. The molecule has 1 fully saturated rings. The van der Waals surface area contributed by atoms with Crippen LogP contribution >= 0.6 is 12.4 Å². The summed E-state index contributed by atoms with van der Waals surface area (Å²) in [5.41, 5.74) is 0.808. The maximum atomic E-state index is 11.1. The highest BCUT2D eigenvalue weighted by molar-refractivity contribution is 5.85. The fraction of sp³-hybridized carbons (Fsp3) is 0.500. The Morgan fingerprint density at radius 3 is 2.63 bits per heavy atom. The minimum Gasteiger partial charge on any atom is -0.454 e. The maximum Gasteiger partial charge on any atom is 0.278 e. The van der Waals surface area contributed by atoms with Crippen LogP contribution in [0.2, 0.25) is 0 Å². The number of benzene rings is 1. The lowest BCUT2D eigenvalue weighted by atomic mass is 9.96. The third-order valence-corrected chi connectivity index (χ3v) is 3.40. The van der Waals surface area contributed by atoms with Gasteiger partial charge in [-0.05, 0) is 25.5 Å². The standard InChI is InChI=1S/C12H14N2O4.ClH/c15-14(16)10-6-12-11(17-7-18-12)5-8(10)9-3-1-2-4-13-9;/h5-6,9,13H,1-4,7H2;1H/t9-;/m1./s1. The summed E-state index contributed by atoms with van der Waals surface area (Å²) in [6.07, 6.45) is 3.12. The van der Waals surface area contributed by atoms with Crippen molar-refractivity contribution < 1.29 is 14.4 Å². The number of piperidine rings is 1. The SMILES string of the molecule is Cl.O=[N+]([O-])c1cc2c(cc1[C@H]1CCCCN1)OCO2. The van der Waals surface area contributed by atoms with Crippen LogP contribution in [0.1, 0.15) is 30.9 Å². The lowest BCUT2D eigenvalue weighted by molar-refractivity contribution is -0.385. The first-order valence-electron chi connectivity index (χ1n) is 6.07.